The van der Waals surface area contributed by atoms with Crippen LogP contribution in [0.5, 0.6) is 0 Å². The Hall–Kier alpha value is -3.25. The zero-order chi connectivity index (χ0) is 20.5. The Kier molecular flexibility index (Phi) is 5.03. The lowest BCUT2D eigenvalue weighted by Gasteiger charge is -2.11. The van der Waals surface area contributed by atoms with Gasteiger partial charge in [0.2, 0.25) is 0 Å². The van der Waals surface area contributed by atoms with Crippen LogP contribution in [0.2, 0.25) is 0 Å². The predicted octanol–water partition coefficient (Wildman–Crippen LogP) is 4.12. The lowest BCUT2D eigenvalue weighted by atomic mass is 10.0. The molecule has 0 unspecified atom stereocenters. The number of fused-ring (bicyclic) bond motifs is 3. The minimum Gasteiger partial charge on any atom is -0.353 e. The molecule has 6 heteroatoms. The Bertz CT molecular complexity index is 1210. The molecular weight excluding hydrogens is 367 g/mol. The number of halogens is 1. The van der Waals surface area contributed by atoms with E-state index in [1.807, 2.05) is 49.3 Å². The SMILES string of the molecule is Cc1ccc(-c2nc(C(=O)NCCN(C)C)cc3c2[nH]c2ccccc23)cc1F. The molecule has 2 aromatic carbocycles. The number of aryl methyl sites for hydroxylation is 1. The molecule has 0 aliphatic carbocycles. The molecule has 5 nitrogen and oxygen atoms in total. The summed E-state index contributed by atoms with van der Waals surface area (Å²) in [4.78, 5) is 22.7. The van der Waals surface area contributed by atoms with Gasteiger partial charge in [0.1, 0.15) is 11.5 Å². The van der Waals surface area contributed by atoms with Crippen LogP contribution in [0.1, 0.15) is 16.1 Å². The maximum atomic E-state index is 14.2. The third-order valence-electron chi connectivity index (χ3n) is 5.02. The zero-order valence-electron chi connectivity index (χ0n) is 16.7. The van der Waals surface area contributed by atoms with Gasteiger partial charge in [-0.2, -0.15) is 0 Å². The quantitative estimate of drug-likeness (QED) is 0.539. The third kappa shape index (κ3) is 3.71. The average Bonchev–Trinajstić information content (AvgIpc) is 3.07. The number of amides is 1. The highest BCUT2D eigenvalue weighted by Gasteiger charge is 2.17. The number of hydrogen-bond donors (Lipinski definition) is 2. The summed E-state index contributed by atoms with van der Waals surface area (Å²) in [5.41, 5.74) is 3.82. The Labute approximate surface area is 168 Å². The predicted molar refractivity (Wildman–Crippen MR) is 115 cm³/mol. The maximum absolute atomic E-state index is 14.2. The summed E-state index contributed by atoms with van der Waals surface area (Å²) in [5.74, 6) is -0.540. The van der Waals surface area contributed by atoms with Crippen molar-refractivity contribution in [3.05, 3.63) is 65.6 Å². The van der Waals surface area contributed by atoms with Crippen molar-refractivity contribution in [2.24, 2.45) is 0 Å². The Balaban J connectivity index is 1.88. The van der Waals surface area contributed by atoms with Gasteiger partial charge < -0.3 is 15.2 Å². The van der Waals surface area contributed by atoms with E-state index in [0.29, 0.717) is 29.1 Å². The standard InChI is InChI=1S/C23H23FN4O/c1-14-8-9-15(12-18(14)24)21-22-17(16-6-4-5-7-19(16)26-22)13-20(27-21)23(29)25-10-11-28(2)3/h4-9,12-13,26H,10-11H2,1-3H3,(H,25,29). The minimum absolute atomic E-state index is 0.243. The molecule has 0 radical (unpaired) electrons. The smallest absolute Gasteiger partial charge is 0.269 e. The van der Waals surface area contributed by atoms with Gasteiger partial charge in [0.15, 0.2) is 0 Å². The first-order valence-electron chi connectivity index (χ1n) is 9.55. The van der Waals surface area contributed by atoms with Crippen molar-refractivity contribution in [1.29, 1.82) is 0 Å². The number of rotatable bonds is 5. The van der Waals surface area contributed by atoms with Crippen molar-refractivity contribution in [1.82, 2.24) is 20.2 Å². The molecule has 2 N–H and O–H groups in total. The zero-order valence-corrected chi connectivity index (χ0v) is 16.7. The van der Waals surface area contributed by atoms with Crippen LogP contribution in [0.25, 0.3) is 33.1 Å². The number of para-hydroxylation sites is 1. The van der Waals surface area contributed by atoms with Crippen molar-refractivity contribution in [3.63, 3.8) is 0 Å². The summed E-state index contributed by atoms with van der Waals surface area (Å²) in [5, 5.41) is 4.80. The number of carbonyl (C=O) groups excluding carboxylic acids is 1. The number of aromatic nitrogens is 2. The first kappa shape index (κ1) is 19.1. The number of carbonyl (C=O) groups is 1. The van der Waals surface area contributed by atoms with Gasteiger partial charge >= 0.3 is 0 Å². The molecule has 0 saturated heterocycles. The normalized spacial score (nSPS) is 11.5. The van der Waals surface area contributed by atoms with Gasteiger partial charge in [0.05, 0.1) is 11.2 Å². The summed E-state index contributed by atoms with van der Waals surface area (Å²) in [6.45, 7) is 2.98. The second kappa shape index (κ2) is 7.64. The summed E-state index contributed by atoms with van der Waals surface area (Å²) in [7, 11) is 3.90. The molecular formula is C23H23FN4O. The number of hydrogen-bond acceptors (Lipinski definition) is 3. The highest BCUT2D eigenvalue weighted by Crippen LogP contribution is 2.33. The van der Waals surface area contributed by atoms with E-state index < -0.39 is 0 Å². The highest BCUT2D eigenvalue weighted by atomic mass is 19.1. The highest BCUT2D eigenvalue weighted by molar-refractivity contribution is 6.13. The molecule has 1 amide bonds. The topological polar surface area (TPSA) is 61.0 Å². The van der Waals surface area contributed by atoms with E-state index in [-0.39, 0.29) is 11.7 Å². The van der Waals surface area contributed by atoms with Crippen LogP contribution in [0.3, 0.4) is 0 Å². The fourth-order valence-corrected chi connectivity index (χ4v) is 3.39. The number of likely N-dealkylation sites (N-methyl/N-ethyl adjacent to an activating group) is 1. The molecule has 0 saturated carbocycles. The van der Waals surface area contributed by atoms with Crippen LogP contribution in [-0.4, -0.2) is 48.0 Å². The molecule has 0 aliphatic heterocycles. The van der Waals surface area contributed by atoms with E-state index in [9.17, 15) is 9.18 Å². The van der Waals surface area contributed by atoms with Crippen molar-refractivity contribution in [2.45, 2.75) is 6.92 Å². The number of pyridine rings is 1. The molecule has 0 spiro atoms. The fourth-order valence-electron chi connectivity index (χ4n) is 3.39. The second-order valence-corrected chi connectivity index (χ2v) is 7.47. The largest absolute Gasteiger partial charge is 0.353 e. The maximum Gasteiger partial charge on any atom is 0.269 e. The van der Waals surface area contributed by atoms with Crippen LogP contribution >= 0.6 is 0 Å². The van der Waals surface area contributed by atoms with Gasteiger partial charge in [-0.15, -0.1) is 0 Å². The Morgan fingerprint density at radius 1 is 1.14 bits per heavy atom. The number of benzene rings is 2. The lowest BCUT2D eigenvalue weighted by molar-refractivity contribution is 0.0946. The summed E-state index contributed by atoms with van der Waals surface area (Å²) in [6, 6.07) is 14.7. The van der Waals surface area contributed by atoms with E-state index in [1.54, 1.807) is 19.1 Å². The minimum atomic E-state index is -0.297. The number of H-pyrrole nitrogens is 1. The molecule has 2 aromatic heterocycles. The fraction of sp³-hybridized carbons (Fsp3) is 0.217. The van der Waals surface area contributed by atoms with Crippen LogP contribution in [0.4, 0.5) is 4.39 Å². The number of nitrogens with zero attached hydrogens (tertiary/aromatic N) is 2. The molecule has 2 heterocycles. The van der Waals surface area contributed by atoms with Gasteiger partial charge in [-0.3, -0.25) is 4.79 Å². The first-order valence-corrected chi connectivity index (χ1v) is 9.55. The van der Waals surface area contributed by atoms with Gasteiger partial charge in [-0.1, -0.05) is 30.3 Å². The monoisotopic (exact) mass is 390 g/mol. The van der Waals surface area contributed by atoms with Crippen LogP contribution < -0.4 is 5.32 Å². The van der Waals surface area contributed by atoms with Gasteiger partial charge in [0.25, 0.3) is 5.91 Å². The average molecular weight is 390 g/mol. The molecule has 0 atom stereocenters. The van der Waals surface area contributed by atoms with Crippen LogP contribution in [0, 0.1) is 12.7 Å². The summed E-state index contributed by atoms with van der Waals surface area (Å²) in [6.07, 6.45) is 0. The summed E-state index contributed by atoms with van der Waals surface area (Å²) >= 11 is 0. The molecule has 0 fully saturated rings. The van der Waals surface area contributed by atoms with E-state index in [1.165, 1.54) is 6.07 Å². The van der Waals surface area contributed by atoms with Crippen molar-refractivity contribution >= 4 is 27.7 Å². The Morgan fingerprint density at radius 3 is 2.69 bits per heavy atom. The van der Waals surface area contributed by atoms with Crippen molar-refractivity contribution < 1.29 is 9.18 Å². The molecule has 4 aromatic rings. The van der Waals surface area contributed by atoms with E-state index >= 15 is 0 Å². The molecule has 0 aliphatic rings. The van der Waals surface area contributed by atoms with E-state index in [4.69, 9.17) is 0 Å². The van der Waals surface area contributed by atoms with Gasteiger partial charge in [-0.05, 0) is 44.8 Å². The van der Waals surface area contributed by atoms with Gasteiger partial charge in [-0.25, -0.2) is 9.37 Å². The van der Waals surface area contributed by atoms with E-state index in [0.717, 1.165) is 28.4 Å². The van der Waals surface area contributed by atoms with Crippen LogP contribution in [0.15, 0.2) is 48.5 Å². The molecule has 0 bridgehead atoms. The van der Waals surface area contributed by atoms with Crippen LogP contribution in [-0.2, 0) is 0 Å². The Morgan fingerprint density at radius 2 is 1.93 bits per heavy atom. The first-order chi connectivity index (χ1) is 13.9. The van der Waals surface area contributed by atoms with Crippen molar-refractivity contribution in [3.8, 4) is 11.3 Å². The summed E-state index contributed by atoms with van der Waals surface area (Å²) < 4.78 is 14.2. The molecule has 4 rings (SSSR count). The second-order valence-electron chi connectivity index (χ2n) is 7.47. The number of nitrogens with one attached hydrogen (secondary N) is 2. The number of aromatic amines is 1. The molecule has 148 valence electrons. The van der Waals surface area contributed by atoms with E-state index in [2.05, 4.69) is 15.3 Å². The molecule has 29 heavy (non-hydrogen) atoms. The van der Waals surface area contributed by atoms with Gasteiger partial charge in [0, 0.05) is 34.9 Å². The third-order valence-corrected chi connectivity index (χ3v) is 5.02. The van der Waals surface area contributed by atoms with Crippen molar-refractivity contribution in [2.75, 3.05) is 27.2 Å². The lowest BCUT2D eigenvalue weighted by Crippen LogP contribution is -2.31.